The van der Waals surface area contributed by atoms with Gasteiger partial charge in [-0.1, -0.05) is 43.2 Å². The van der Waals surface area contributed by atoms with Crippen LogP contribution in [0, 0.1) is 5.92 Å². The number of nitrogens with one attached hydrogen (secondary N) is 1. The van der Waals surface area contributed by atoms with E-state index < -0.39 is 0 Å². The first-order valence-electron chi connectivity index (χ1n) is 10.5. The minimum Gasteiger partial charge on any atom is -0.483 e. The quantitative estimate of drug-likeness (QED) is 0.600. The van der Waals surface area contributed by atoms with E-state index in [1.807, 2.05) is 35.2 Å². The van der Waals surface area contributed by atoms with Crippen LogP contribution >= 0.6 is 0 Å². The zero-order valence-electron chi connectivity index (χ0n) is 17.4. The molecule has 0 bridgehead atoms. The Morgan fingerprint density at radius 1 is 1.16 bits per heavy atom. The second-order valence-electron chi connectivity index (χ2n) is 7.84. The molecular formula is C22H24N6O4. The second-order valence-corrected chi connectivity index (χ2v) is 7.84. The predicted octanol–water partition coefficient (Wildman–Crippen LogP) is 2.22. The average molecular weight is 436 g/mol. The molecule has 10 heteroatoms. The fourth-order valence-corrected chi connectivity index (χ4v) is 4.42. The van der Waals surface area contributed by atoms with Crippen LogP contribution in [0.1, 0.15) is 32.1 Å². The lowest BCUT2D eigenvalue weighted by Gasteiger charge is -2.24. The number of amides is 2. The molecule has 1 unspecified atom stereocenters. The molecule has 1 aromatic carbocycles. The molecule has 1 atom stereocenters. The third-order valence-corrected chi connectivity index (χ3v) is 5.93. The van der Waals surface area contributed by atoms with Gasteiger partial charge in [0.15, 0.2) is 0 Å². The Labute approximate surface area is 184 Å². The number of carboxylic acid groups (broad SMARTS) is 1. The van der Waals surface area contributed by atoms with Gasteiger partial charge in [0.05, 0.1) is 5.92 Å². The first-order valence-corrected chi connectivity index (χ1v) is 10.5. The number of hydrogen-bond donors (Lipinski definition) is 2. The number of likely N-dealkylation sites (tertiary alicyclic amines) is 1. The van der Waals surface area contributed by atoms with Crippen molar-refractivity contribution >= 4 is 29.9 Å². The Bertz CT molecular complexity index is 1110. The fourth-order valence-electron chi connectivity index (χ4n) is 4.42. The zero-order chi connectivity index (χ0) is 22.5. The molecule has 0 spiro atoms. The number of nitrogens with zero attached hydrogens (tertiary/aromatic N) is 5. The molecule has 32 heavy (non-hydrogen) atoms. The highest BCUT2D eigenvalue weighted by Gasteiger charge is 2.39. The smallest absolute Gasteiger partial charge is 0.290 e. The first kappa shape index (κ1) is 21.4. The summed E-state index contributed by atoms with van der Waals surface area (Å²) in [6.07, 6.45) is 7.77. The molecule has 5 rings (SSSR count). The first-order chi connectivity index (χ1) is 15.6. The molecule has 3 aromatic rings. The molecule has 0 radical (unpaired) electrons. The van der Waals surface area contributed by atoms with Crippen LogP contribution in [-0.4, -0.2) is 60.5 Å². The van der Waals surface area contributed by atoms with Crippen LogP contribution in [0.15, 0.2) is 42.9 Å². The molecule has 3 heterocycles. The summed E-state index contributed by atoms with van der Waals surface area (Å²) >= 11 is 0. The molecule has 2 aliphatic rings. The van der Waals surface area contributed by atoms with Gasteiger partial charge in [-0.05, 0) is 18.4 Å². The van der Waals surface area contributed by atoms with E-state index in [4.69, 9.17) is 9.90 Å². The molecular weight excluding hydrogens is 412 g/mol. The van der Waals surface area contributed by atoms with Crippen LogP contribution in [0.2, 0.25) is 0 Å². The number of anilines is 1. The standard InChI is InChI=1S/C21H22N6O2.CH2O2/c28-18-10-15(12-26(18)16-8-4-5-9-16)20(29)25-19-17(14-6-2-1-3-7-14)11-22-21-23-13-24-27(19)21;2-1-3/h1-3,6-7,11,13,15-16H,4-5,8-10,12H2,(H,25,29);1H,(H,2,3). The van der Waals surface area contributed by atoms with Gasteiger partial charge in [-0.3, -0.25) is 14.4 Å². The van der Waals surface area contributed by atoms with E-state index in [-0.39, 0.29) is 30.6 Å². The summed E-state index contributed by atoms with van der Waals surface area (Å²) in [6.45, 7) is 0.238. The van der Waals surface area contributed by atoms with Gasteiger partial charge in [0, 0.05) is 30.8 Å². The van der Waals surface area contributed by atoms with Crippen molar-refractivity contribution in [1.29, 1.82) is 0 Å². The summed E-state index contributed by atoms with van der Waals surface area (Å²) in [5.74, 6) is 0.490. The van der Waals surface area contributed by atoms with Gasteiger partial charge in [-0.15, -0.1) is 0 Å². The summed E-state index contributed by atoms with van der Waals surface area (Å²) < 4.78 is 1.53. The Balaban J connectivity index is 0.000000775. The monoisotopic (exact) mass is 436 g/mol. The van der Waals surface area contributed by atoms with Gasteiger partial charge in [0.2, 0.25) is 11.8 Å². The maximum Gasteiger partial charge on any atom is 0.290 e. The Morgan fingerprint density at radius 3 is 2.59 bits per heavy atom. The van der Waals surface area contributed by atoms with Crippen molar-refractivity contribution in [1.82, 2.24) is 24.5 Å². The molecule has 1 aliphatic heterocycles. The average Bonchev–Trinajstić information content (AvgIpc) is 3.56. The van der Waals surface area contributed by atoms with Crippen molar-refractivity contribution < 1.29 is 19.5 Å². The lowest BCUT2D eigenvalue weighted by Crippen LogP contribution is -2.35. The van der Waals surface area contributed by atoms with Gasteiger partial charge in [-0.2, -0.15) is 14.6 Å². The highest BCUT2D eigenvalue weighted by atomic mass is 16.3. The van der Waals surface area contributed by atoms with Gasteiger partial charge < -0.3 is 15.3 Å². The van der Waals surface area contributed by atoms with Crippen molar-refractivity contribution in [2.75, 3.05) is 11.9 Å². The molecule has 2 fully saturated rings. The molecule has 2 N–H and O–H groups in total. The van der Waals surface area contributed by atoms with E-state index in [2.05, 4.69) is 20.4 Å². The number of carbonyl (C=O) groups excluding carboxylic acids is 2. The maximum atomic E-state index is 13.1. The number of carbonyl (C=O) groups is 3. The van der Waals surface area contributed by atoms with E-state index in [0.29, 0.717) is 24.2 Å². The molecule has 2 aromatic heterocycles. The fraction of sp³-hybridized carbons (Fsp3) is 0.364. The molecule has 1 saturated heterocycles. The topological polar surface area (TPSA) is 130 Å². The van der Waals surface area contributed by atoms with Crippen LogP contribution < -0.4 is 5.32 Å². The lowest BCUT2D eigenvalue weighted by atomic mass is 10.1. The van der Waals surface area contributed by atoms with Crippen LogP contribution in [0.5, 0.6) is 0 Å². The van der Waals surface area contributed by atoms with Crippen molar-refractivity contribution in [3.8, 4) is 11.1 Å². The SMILES string of the molecule is O=C(Nc1c(-c2ccccc2)cnc2ncnn12)C1CC(=O)N(C2CCCC2)C1.O=CO. The van der Waals surface area contributed by atoms with Crippen LogP contribution in [0.4, 0.5) is 5.82 Å². The van der Waals surface area contributed by atoms with E-state index in [9.17, 15) is 9.59 Å². The van der Waals surface area contributed by atoms with E-state index in [1.54, 1.807) is 6.20 Å². The van der Waals surface area contributed by atoms with Crippen molar-refractivity contribution in [2.45, 2.75) is 38.1 Å². The third kappa shape index (κ3) is 4.29. The number of aromatic nitrogens is 4. The maximum absolute atomic E-state index is 13.1. The number of hydrogen-bond acceptors (Lipinski definition) is 6. The normalized spacial score (nSPS) is 18.4. The second kappa shape index (κ2) is 9.54. The minimum absolute atomic E-state index is 0.0842. The van der Waals surface area contributed by atoms with Gasteiger partial charge in [-0.25, -0.2) is 4.98 Å². The van der Waals surface area contributed by atoms with Crippen molar-refractivity contribution in [2.24, 2.45) is 5.92 Å². The Hall–Kier alpha value is -3.82. The lowest BCUT2D eigenvalue weighted by molar-refractivity contribution is -0.130. The van der Waals surface area contributed by atoms with Crippen LogP contribution in [0.3, 0.4) is 0 Å². The summed E-state index contributed by atoms with van der Waals surface area (Å²) in [7, 11) is 0. The summed E-state index contributed by atoms with van der Waals surface area (Å²) in [4.78, 5) is 44.3. The highest BCUT2D eigenvalue weighted by Crippen LogP contribution is 2.31. The Kier molecular flexibility index (Phi) is 6.39. The summed E-state index contributed by atoms with van der Waals surface area (Å²) in [5.41, 5.74) is 1.68. The molecule has 1 aliphatic carbocycles. The van der Waals surface area contributed by atoms with Crippen molar-refractivity contribution in [3.05, 3.63) is 42.9 Å². The minimum atomic E-state index is -0.363. The zero-order valence-corrected chi connectivity index (χ0v) is 17.4. The van der Waals surface area contributed by atoms with Crippen molar-refractivity contribution in [3.63, 3.8) is 0 Å². The number of fused-ring (bicyclic) bond motifs is 1. The largest absolute Gasteiger partial charge is 0.483 e. The Morgan fingerprint density at radius 2 is 1.88 bits per heavy atom. The van der Waals surface area contributed by atoms with E-state index >= 15 is 0 Å². The molecule has 10 nitrogen and oxygen atoms in total. The van der Waals surface area contributed by atoms with E-state index in [0.717, 1.165) is 36.8 Å². The predicted molar refractivity (Wildman–Crippen MR) is 116 cm³/mol. The summed E-state index contributed by atoms with van der Waals surface area (Å²) in [5, 5.41) is 14.1. The van der Waals surface area contributed by atoms with Gasteiger partial charge >= 0.3 is 0 Å². The molecule has 2 amide bonds. The van der Waals surface area contributed by atoms with Crippen LogP contribution in [0.25, 0.3) is 16.9 Å². The van der Waals surface area contributed by atoms with Crippen LogP contribution in [-0.2, 0) is 14.4 Å². The summed E-state index contributed by atoms with van der Waals surface area (Å²) in [6, 6.07) is 10.0. The number of benzene rings is 1. The van der Waals surface area contributed by atoms with Gasteiger partial charge in [0.1, 0.15) is 12.1 Å². The highest BCUT2D eigenvalue weighted by molar-refractivity contribution is 5.99. The van der Waals surface area contributed by atoms with E-state index in [1.165, 1.54) is 10.8 Å². The molecule has 166 valence electrons. The number of rotatable bonds is 4. The molecule has 1 saturated carbocycles. The van der Waals surface area contributed by atoms with Gasteiger partial charge in [0.25, 0.3) is 12.2 Å². The third-order valence-electron chi connectivity index (χ3n) is 5.93.